The summed E-state index contributed by atoms with van der Waals surface area (Å²) in [6.07, 6.45) is 2.05. The van der Waals surface area contributed by atoms with Gasteiger partial charge in [0.05, 0.1) is 12.1 Å². The Bertz CT molecular complexity index is 1390. The maximum Gasteiger partial charge on any atom is 0.228 e. The van der Waals surface area contributed by atoms with Gasteiger partial charge in [-0.1, -0.05) is 48.0 Å². The van der Waals surface area contributed by atoms with E-state index in [4.69, 9.17) is 5.10 Å². The van der Waals surface area contributed by atoms with Crippen molar-refractivity contribution in [1.82, 2.24) is 24.8 Å². The molecule has 0 aliphatic carbocycles. The second kappa shape index (κ2) is 8.39. The van der Waals surface area contributed by atoms with Crippen LogP contribution in [-0.4, -0.2) is 30.7 Å². The highest BCUT2D eigenvalue weighted by Gasteiger charge is 2.12. The van der Waals surface area contributed by atoms with Gasteiger partial charge in [-0.25, -0.2) is 0 Å². The van der Waals surface area contributed by atoms with Crippen LogP contribution in [-0.2, 0) is 11.2 Å². The van der Waals surface area contributed by atoms with Gasteiger partial charge in [0.25, 0.3) is 0 Å². The molecule has 5 aromatic rings. The monoisotopic (exact) mass is 420 g/mol. The first-order valence-corrected chi connectivity index (χ1v) is 10.3. The van der Waals surface area contributed by atoms with Gasteiger partial charge in [-0.3, -0.25) is 9.78 Å². The maximum absolute atomic E-state index is 12.4. The Hall–Kier alpha value is -4.39. The van der Waals surface area contributed by atoms with Crippen molar-refractivity contribution in [3.63, 3.8) is 0 Å². The average molecular weight is 420 g/mol. The van der Waals surface area contributed by atoms with Gasteiger partial charge >= 0.3 is 0 Å². The first-order chi connectivity index (χ1) is 15.7. The summed E-state index contributed by atoms with van der Waals surface area (Å²) < 4.78 is 1.69. The fourth-order valence-electron chi connectivity index (χ4n) is 3.53. The fourth-order valence-corrected chi connectivity index (χ4v) is 3.53. The van der Waals surface area contributed by atoms with Crippen LogP contribution in [0.4, 0.5) is 5.69 Å². The van der Waals surface area contributed by atoms with Crippen molar-refractivity contribution >= 4 is 17.2 Å². The van der Waals surface area contributed by atoms with Crippen LogP contribution >= 0.6 is 0 Å². The van der Waals surface area contributed by atoms with Crippen LogP contribution < -0.4 is 5.32 Å². The third-order valence-electron chi connectivity index (χ3n) is 5.07. The summed E-state index contributed by atoms with van der Waals surface area (Å²) in [7, 11) is 0. The lowest BCUT2D eigenvalue weighted by Gasteiger charge is -2.08. The summed E-state index contributed by atoms with van der Waals surface area (Å²) in [5.74, 6) is 0.537. The minimum Gasteiger partial charge on any atom is -0.326 e. The number of aryl methyl sites for hydroxylation is 1. The normalized spacial score (nSPS) is 10.9. The number of aromatic nitrogens is 5. The molecule has 7 heteroatoms. The minimum atomic E-state index is -0.0487. The molecule has 5 rings (SSSR count). The van der Waals surface area contributed by atoms with Crippen LogP contribution in [0.1, 0.15) is 11.1 Å². The highest BCUT2D eigenvalue weighted by Crippen LogP contribution is 2.22. The van der Waals surface area contributed by atoms with Crippen LogP contribution in [0.15, 0.2) is 85.1 Å². The Morgan fingerprint density at radius 1 is 0.906 bits per heavy atom. The number of amides is 1. The molecule has 1 amide bonds. The molecule has 0 saturated carbocycles. The first kappa shape index (κ1) is 19.6. The molecule has 0 saturated heterocycles. The van der Waals surface area contributed by atoms with Gasteiger partial charge < -0.3 is 5.32 Å². The lowest BCUT2D eigenvalue weighted by Crippen LogP contribution is -2.14. The van der Waals surface area contributed by atoms with Gasteiger partial charge in [0.15, 0.2) is 5.65 Å². The number of pyridine rings is 1. The predicted octanol–water partition coefficient (Wildman–Crippen LogP) is 4.34. The van der Waals surface area contributed by atoms with Crippen LogP contribution in [0.3, 0.4) is 0 Å². The van der Waals surface area contributed by atoms with E-state index in [1.807, 2.05) is 85.8 Å². The zero-order chi connectivity index (χ0) is 21.9. The number of fused-ring (bicyclic) bond motifs is 1. The topological polar surface area (TPSA) is 85.1 Å². The number of carbonyl (C=O) groups is 1. The Kier molecular flexibility index (Phi) is 5.13. The van der Waals surface area contributed by atoms with Gasteiger partial charge in [0.2, 0.25) is 11.7 Å². The summed E-state index contributed by atoms with van der Waals surface area (Å²) in [5.41, 5.74) is 5.92. The summed E-state index contributed by atoms with van der Waals surface area (Å²) in [4.78, 5) is 16.7. The Balaban J connectivity index is 1.35. The van der Waals surface area contributed by atoms with E-state index in [2.05, 4.69) is 20.5 Å². The zero-order valence-electron chi connectivity index (χ0n) is 17.4. The molecule has 7 nitrogen and oxygen atoms in total. The Labute approximate surface area is 184 Å². The van der Waals surface area contributed by atoms with Crippen molar-refractivity contribution in [3.05, 3.63) is 96.2 Å². The lowest BCUT2D eigenvalue weighted by atomic mass is 10.1. The Morgan fingerprint density at radius 2 is 1.78 bits per heavy atom. The number of anilines is 1. The number of nitrogens with zero attached hydrogens (tertiary/aromatic N) is 5. The standard InChI is InChI=1S/C25H20N6O/c1-17-5-4-6-18(15-17)16-24(32)27-20-10-8-19(9-11-20)21-12-13-23-28-29-25(31(23)30-21)22-7-2-3-14-26-22/h2-15H,16H2,1H3,(H,27,32). The molecular weight excluding hydrogens is 400 g/mol. The molecule has 3 heterocycles. The van der Waals surface area contributed by atoms with E-state index in [0.29, 0.717) is 23.6 Å². The van der Waals surface area contributed by atoms with E-state index < -0.39 is 0 Å². The maximum atomic E-state index is 12.4. The van der Waals surface area contributed by atoms with Crippen molar-refractivity contribution in [2.45, 2.75) is 13.3 Å². The minimum absolute atomic E-state index is 0.0487. The molecule has 3 aromatic heterocycles. The third kappa shape index (κ3) is 4.09. The molecule has 32 heavy (non-hydrogen) atoms. The molecule has 0 aliphatic heterocycles. The van der Waals surface area contributed by atoms with Gasteiger partial charge in [-0.2, -0.15) is 9.61 Å². The highest BCUT2D eigenvalue weighted by molar-refractivity contribution is 5.92. The summed E-state index contributed by atoms with van der Waals surface area (Å²) >= 11 is 0. The molecule has 0 spiro atoms. The zero-order valence-corrected chi connectivity index (χ0v) is 17.4. The van der Waals surface area contributed by atoms with Gasteiger partial charge in [-0.05, 0) is 48.9 Å². The first-order valence-electron chi connectivity index (χ1n) is 10.3. The average Bonchev–Trinajstić information content (AvgIpc) is 3.23. The molecule has 156 valence electrons. The molecular formula is C25H20N6O. The van der Waals surface area contributed by atoms with Crippen molar-refractivity contribution in [3.8, 4) is 22.8 Å². The molecule has 0 radical (unpaired) electrons. The molecule has 0 unspecified atom stereocenters. The number of hydrogen-bond donors (Lipinski definition) is 1. The van der Waals surface area contributed by atoms with Gasteiger partial charge in [0, 0.05) is 17.4 Å². The Morgan fingerprint density at radius 3 is 2.56 bits per heavy atom. The SMILES string of the molecule is Cc1cccc(CC(=O)Nc2ccc(-c3ccc4nnc(-c5ccccn5)n4n3)cc2)c1. The molecule has 2 aromatic carbocycles. The van der Waals surface area contributed by atoms with Gasteiger partial charge in [0.1, 0.15) is 5.69 Å². The second-order valence-electron chi connectivity index (χ2n) is 7.52. The number of nitrogens with one attached hydrogen (secondary N) is 1. The lowest BCUT2D eigenvalue weighted by molar-refractivity contribution is -0.115. The van der Waals surface area contributed by atoms with Crippen LogP contribution in [0.5, 0.6) is 0 Å². The largest absolute Gasteiger partial charge is 0.326 e. The number of hydrogen-bond acceptors (Lipinski definition) is 5. The van der Waals surface area contributed by atoms with E-state index in [-0.39, 0.29) is 5.91 Å². The molecule has 1 N–H and O–H groups in total. The van der Waals surface area contributed by atoms with Crippen molar-refractivity contribution in [2.75, 3.05) is 5.32 Å². The van der Waals surface area contributed by atoms with Crippen LogP contribution in [0.25, 0.3) is 28.4 Å². The molecule has 0 bridgehead atoms. The smallest absolute Gasteiger partial charge is 0.228 e. The highest BCUT2D eigenvalue weighted by atomic mass is 16.1. The molecule has 0 aliphatic rings. The predicted molar refractivity (Wildman–Crippen MR) is 123 cm³/mol. The van der Waals surface area contributed by atoms with Crippen molar-refractivity contribution < 1.29 is 4.79 Å². The van der Waals surface area contributed by atoms with E-state index >= 15 is 0 Å². The molecule has 0 fully saturated rings. The number of carbonyl (C=O) groups excluding carboxylic acids is 1. The molecule has 0 atom stereocenters. The number of rotatable bonds is 5. The summed E-state index contributed by atoms with van der Waals surface area (Å²) in [5, 5.41) is 16.1. The van der Waals surface area contributed by atoms with Crippen molar-refractivity contribution in [2.24, 2.45) is 0 Å². The number of benzene rings is 2. The van der Waals surface area contributed by atoms with Gasteiger partial charge in [-0.15, -0.1) is 10.2 Å². The second-order valence-corrected chi connectivity index (χ2v) is 7.52. The van der Waals surface area contributed by atoms with E-state index in [0.717, 1.165) is 28.1 Å². The third-order valence-corrected chi connectivity index (χ3v) is 5.07. The van der Waals surface area contributed by atoms with Crippen molar-refractivity contribution in [1.29, 1.82) is 0 Å². The fraction of sp³-hybridized carbons (Fsp3) is 0.0800. The van der Waals surface area contributed by atoms with Crippen LogP contribution in [0, 0.1) is 6.92 Å². The van der Waals surface area contributed by atoms with E-state index in [1.54, 1.807) is 10.7 Å². The van der Waals surface area contributed by atoms with E-state index in [9.17, 15) is 4.79 Å². The van der Waals surface area contributed by atoms with E-state index in [1.165, 1.54) is 0 Å². The quantitative estimate of drug-likeness (QED) is 0.457. The summed E-state index contributed by atoms with van der Waals surface area (Å²) in [6.45, 7) is 2.02. The van der Waals surface area contributed by atoms with Crippen LogP contribution in [0.2, 0.25) is 0 Å². The summed E-state index contributed by atoms with van der Waals surface area (Å²) in [6, 6.07) is 25.0.